The molecule has 2 aliphatic heterocycles. The van der Waals surface area contributed by atoms with E-state index >= 15 is 0 Å². The van der Waals surface area contributed by atoms with Gasteiger partial charge in [-0.05, 0) is 30.0 Å². The summed E-state index contributed by atoms with van der Waals surface area (Å²) in [5, 5.41) is 3.39. The number of hydrogen-bond acceptors (Lipinski definition) is 4. The lowest BCUT2D eigenvalue weighted by atomic mass is 10.00. The second-order valence-corrected chi connectivity index (χ2v) is 5.55. The molecule has 19 heavy (non-hydrogen) atoms. The maximum Gasteiger partial charge on any atom is 0.231 e. The van der Waals surface area contributed by atoms with E-state index in [-0.39, 0.29) is 0 Å². The van der Waals surface area contributed by atoms with E-state index in [2.05, 4.69) is 29.3 Å². The van der Waals surface area contributed by atoms with Crippen LogP contribution in [-0.4, -0.2) is 44.4 Å². The van der Waals surface area contributed by atoms with Crippen molar-refractivity contribution in [2.75, 3.05) is 39.5 Å². The molecule has 4 nitrogen and oxygen atoms in total. The Balaban J connectivity index is 1.55. The highest BCUT2D eigenvalue weighted by Gasteiger charge is 2.16. The molecule has 0 amide bonds. The molecule has 1 aromatic carbocycles. The number of nitrogens with one attached hydrogen (secondary N) is 1. The first-order valence-electron chi connectivity index (χ1n) is 7.13. The van der Waals surface area contributed by atoms with E-state index in [1.165, 1.54) is 25.2 Å². The van der Waals surface area contributed by atoms with Gasteiger partial charge in [0.25, 0.3) is 0 Å². The van der Waals surface area contributed by atoms with Crippen molar-refractivity contribution in [2.24, 2.45) is 5.92 Å². The third-order valence-electron chi connectivity index (χ3n) is 3.80. The first-order valence-corrected chi connectivity index (χ1v) is 7.13. The molecule has 104 valence electrons. The van der Waals surface area contributed by atoms with Crippen LogP contribution in [0.2, 0.25) is 0 Å². The van der Waals surface area contributed by atoms with E-state index in [0.717, 1.165) is 31.0 Å². The van der Waals surface area contributed by atoms with Crippen molar-refractivity contribution in [3.8, 4) is 11.5 Å². The van der Waals surface area contributed by atoms with Gasteiger partial charge < -0.3 is 19.7 Å². The standard InChI is InChI=1S/C15H22N2O2/c1-12(10-17-6-4-16-5-7-17)8-13-2-3-14-15(9-13)19-11-18-14/h2-3,9,12,16H,4-8,10-11H2,1H3. The summed E-state index contributed by atoms with van der Waals surface area (Å²) in [6.45, 7) is 8.45. The Morgan fingerprint density at radius 2 is 2.00 bits per heavy atom. The minimum Gasteiger partial charge on any atom is -0.454 e. The molecule has 1 aromatic rings. The fourth-order valence-electron chi connectivity index (χ4n) is 2.87. The van der Waals surface area contributed by atoms with Crippen LogP contribution in [0.25, 0.3) is 0 Å². The second kappa shape index (κ2) is 5.80. The molecule has 0 spiro atoms. The molecule has 1 atom stereocenters. The molecule has 0 radical (unpaired) electrons. The summed E-state index contributed by atoms with van der Waals surface area (Å²) in [5.74, 6) is 2.43. The van der Waals surface area contributed by atoms with Crippen molar-refractivity contribution in [2.45, 2.75) is 13.3 Å². The summed E-state index contributed by atoms with van der Waals surface area (Å²) in [4.78, 5) is 2.55. The fourth-order valence-corrected chi connectivity index (χ4v) is 2.87. The van der Waals surface area contributed by atoms with Crippen LogP contribution in [0.15, 0.2) is 18.2 Å². The number of benzene rings is 1. The summed E-state index contributed by atoms with van der Waals surface area (Å²) in [5.41, 5.74) is 1.34. The van der Waals surface area contributed by atoms with Gasteiger partial charge in [0.2, 0.25) is 6.79 Å². The highest BCUT2D eigenvalue weighted by atomic mass is 16.7. The van der Waals surface area contributed by atoms with E-state index in [1.807, 2.05) is 6.07 Å². The normalized spacial score (nSPS) is 20.5. The van der Waals surface area contributed by atoms with Crippen molar-refractivity contribution in [3.05, 3.63) is 23.8 Å². The minimum atomic E-state index is 0.356. The van der Waals surface area contributed by atoms with E-state index < -0.39 is 0 Å². The van der Waals surface area contributed by atoms with Gasteiger partial charge in [0.05, 0.1) is 0 Å². The minimum absolute atomic E-state index is 0.356. The van der Waals surface area contributed by atoms with E-state index in [4.69, 9.17) is 9.47 Å². The van der Waals surface area contributed by atoms with Crippen molar-refractivity contribution in [3.63, 3.8) is 0 Å². The third-order valence-corrected chi connectivity index (χ3v) is 3.80. The van der Waals surface area contributed by atoms with Crippen LogP contribution in [0.3, 0.4) is 0 Å². The van der Waals surface area contributed by atoms with Gasteiger partial charge in [-0.25, -0.2) is 0 Å². The predicted octanol–water partition coefficient (Wildman–Crippen LogP) is 1.50. The first-order chi connectivity index (χ1) is 9.31. The lowest BCUT2D eigenvalue weighted by Crippen LogP contribution is -2.45. The van der Waals surface area contributed by atoms with Gasteiger partial charge in [0.15, 0.2) is 11.5 Å². The molecule has 0 aromatic heterocycles. The van der Waals surface area contributed by atoms with E-state index in [0.29, 0.717) is 12.7 Å². The predicted molar refractivity (Wildman–Crippen MR) is 74.7 cm³/mol. The Morgan fingerprint density at radius 1 is 1.21 bits per heavy atom. The highest BCUT2D eigenvalue weighted by molar-refractivity contribution is 5.44. The Labute approximate surface area is 114 Å². The van der Waals surface area contributed by atoms with Crippen LogP contribution in [0.4, 0.5) is 0 Å². The number of ether oxygens (including phenoxy) is 2. The van der Waals surface area contributed by atoms with Crippen LogP contribution >= 0.6 is 0 Å². The van der Waals surface area contributed by atoms with Gasteiger partial charge in [-0.15, -0.1) is 0 Å². The van der Waals surface area contributed by atoms with E-state index in [1.54, 1.807) is 0 Å². The molecule has 1 fully saturated rings. The van der Waals surface area contributed by atoms with E-state index in [9.17, 15) is 0 Å². The Kier molecular flexibility index (Phi) is 3.89. The summed E-state index contributed by atoms with van der Waals surface area (Å²) < 4.78 is 10.8. The van der Waals surface area contributed by atoms with Crippen molar-refractivity contribution < 1.29 is 9.47 Å². The zero-order chi connectivity index (χ0) is 13.1. The van der Waals surface area contributed by atoms with Crippen molar-refractivity contribution >= 4 is 0 Å². The lowest BCUT2D eigenvalue weighted by molar-refractivity contribution is 0.174. The SMILES string of the molecule is CC(Cc1ccc2c(c1)OCO2)CN1CCNCC1. The number of hydrogen-bond donors (Lipinski definition) is 1. The van der Waals surface area contributed by atoms with Gasteiger partial charge in [0.1, 0.15) is 0 Å². The zero-order valence-electron chi connectivity index (χ0n) is 11.5. The topological polar surface area (TPSA) is 33.7 Å². The smallest absolute Gasteiger partial charge is 0.231 e. The molecule has 2 aliphatic rings. The van der Waals surface area contributed by atoms with Gasteiger partial charge in [-0.1, -0.05) is 13.0 Å². The molecule has 1 unspecified atom stereocenters. The maximum absolute atomic E-state index is 5.43. The van der Waals surface area contributed by atoms with Gasteiger partial charge in [0, 0.05) is 32.7 Å². The summed E-state index contributed by atoms with van der Waals surface area (Å²) in [6, 6.07) is 6.30. The van der Waals surface area contributed by atoms with Crippen LogP contribution in [0.1, 0.15) is 12.5 Å². The molecule has 0 bridgehead atoms. The number of nitrogens with zero attached hydrogens (tertiary/aromatic N) is 1. The van der Waals surface area contributed by atoms with Gasteiger partial charge in [-0.3, -0.25) is 0 Å². The lowest BCUT2D eigenvalue weighted by Gasteiger charge is -2.29. The Bertz CT molecular complexity index is 430. The quantitative estimate of drug-likeness (QED) is 0.891. The molecular formula is C15H22N2O2. The van der Waals surface area contributed by atoms with Gasteiger partial charge in [-0.2, -0.15) is 0 Å². The Hall–Kier alpha value is -1.26. The largest absolute Gasteiger partial charge is 0.454 e. The van der Waals surface area contributed by atoms with Crippen LogP contribution in [-0.2, 0) is 6.42 Å². The Morgan fingerprint density at radius 3 is 2.84 bits per heavy atom. The van der Waals surface area contributed by atoms with Crippen LogP contribution in [0.5, 0.6) is 11.5 Å². The molecule has 0 aliphatic carbocycles. The summed E-state index contributed by atoms with van der Waals surface area (Å²) >= 11 is 0. The summed E-state index contributed by atoms with van der Waals surface area (Å²) in [6.07, 6.45) is 1.10. The molecule has 1 saturated heterocycles. The highest BCUT2D eigenvalue weighted by Crippen LogP contribution is 2.33. The van der Waals surface area contributed by atoms with Gasteiger partial charge >= 0.3 is 0 Å². The number of rotatable bonds is 4. The zero-order valence-corrected chi connectivity index (χ0v) is 11.5. The number of fused-ring (bicyclic) bond motifs is 1. The monoisotopic (exact) mass is 262 g/mol. The third kappa shape index (κ3) is 3.19. The maximum atomic E-state index is 5.43. The molecule has 3 rings (SSSR count). The average Bonchev–Trinajstić information content (AvgIpc) is 2.87. The van der Waals surface area contributed by atoms with Crippen LogP contribution in [0, 0.1) is 5.92 Å². The molecule has 1 N–H and O–H groups in total. The molecule has 2 heterocycles. The second-order valence-electron chi connectivity index (χ2n) is 5.55. The number of piperazine rings is 1. The molecular weight excluding hydrogens is 240 g/mol. The van der Waals surface area contributed by atoms with Crippen LogP contribution < -0.4 is 14.8 Å². The summed E-state index contributed by atoms with van der Waals surface area (Å²) in [7, 11) is 0. The molecule has 0 saturated carbocycles. The van der Waals surface area contributed by atoms with Crippen molar-refractivity contribution in [1.29, 1.82) is 0 Å². The molecule has 4 heteroatoms. The average molecular weight is 262 g/mol. The first kappa shape index (κ1) is 12.8. The van der Waals surface area contributed by atoms with Crippen molar-refractivity contribution in [1.82, 2.24) is 10.2 Å². The fraction of sp³-hybridized carbons (Fsp3) is 0.600.